The van der Waals surface area contributed by atoms with E-state index in [0.717, 1.165) is 16.8 Å². The molecule has 0 bridgehead atoms. The van der Waals surface area contributed by atoms with Gasteiger partial charge in [-0.2, -0.15) is 0 Å². The van der Waals surface area contributed by atoms with E-state index in [1.165, 1.54) is 26.7 Å². The average Bonchev–Trinajstić information content (AvgIpc) is 2.89. The second kappa shape index (κ2) is 12.2. The van der Waals surface area contributed by atoms with Gasteiger partial charge in [-0.05, 0) is 35.4 Å². The molecule has 0 aliphatic carbocycles. The first kappa shape index (κ1) is 28.1. The van der Waals surface area contributed by atoms with E-state index in [1.54, 1.807) is 6.08 Å². The van der Waals surface area contributed by atoms with E-state index in [2.05, 4.69) is 6.58 Å². The first-order valence-electron chi connectivity index (χ1n) is 11.8. The van der Waals surface area contributed by atoms with Crippen LogP contribution >= 0.6 is 0 Å². The molecular weight excluding hydrogens is 500 g/mol. The summed E-state index contributed by atoms with van der Waals surface area (Å²) in [6.07, 6.45) is 3.28. The summed E-state index contributed by atoms with van der Waals surface area (Å²) >= 11 is 0. The molecule has 0 amide bonds. The molecule has 0 saturated heterocycles. The molecule has 0 aromatic heterocycles. The molecule has 10 heteroatoms. The standard InChI is InChI=1S/C26H34O8SSi/c1-7-12-25(33-24(27)8-2)34-35(28)16-15-22(32-26(9-3)36(29-4,30-5)31-6)21-17-19-13-10-11-14-20(19)18-23(21)35/h8,10-11,13-18,25-26H,2,7,9,12H2,1,3-6H3. The number of carbonyl (C=O) groups excluding carboxylic acids is 1. The zero-order valence-electron chi connectivity index (χ0n) is 21.4. The average molecular weight is 535 g/mol. The highest BCUT2D eigenvalue weighted by molar-refractivity contribution is 7.97. The second-order valence-corrected chi connectivity index (χ2v) is 13.2. The van der Waals surface area contributed by atoms with Crippen molar-refractivity contribution in [3.05, 3.63) is 60.7 Å². The number of allylic oxidation sites excluding steroid dienone is 1. The molecule has 1 aliphatic heterocycles. The fourth-order valence-corrected chi connectivity index (χ4v) is 7.94. The summed E-state index contributed by atoms with van der Waals surface area (Å²) in [6.45, 7) is 7.31. The lowest BCUT2D eigenvalue weighted by Gasteiger charge is -2.33. The zero-order chi connectivity index (χ0) is 26.3. The smallest absolute Gasteiger partial charge is 0.485 e. The van der Waals surface area contributed by atoms with E-state index >= 15 is 0 Å². The lowest BCUT2D eigenvalue weighted by atomic mass is 10.1. The molecule has 0 N–H and O–H groups in total. The Morgan fingerprint density at radius 3 is 2.28 bits per heavy atom. The van der Waals surface area contributed by atoms with Crippen LogP contribution in [0.3, 0.4) is 0 Å². The van der Waals surface area contributed by atoms with Crippen molar-refractivity contribution in [3.8, 4) is 0 Å². The van der Waals surface area contributed by atoms with Gasteiger partial charge in [0.2, 0.25) is 6.29 Å². The number of fused-ring (bicyclic) bond motifs is 2. The summed E-state index contributed by atoms with van der Waals surface area (Å²) in [7, 11) is -1.76. The van der Waals surface area contributed by atoms with Crippen LogP contribution in [0.2, 0.25) is 0 Å². The Morgan fingerprint density at radius 2 is 1.72 bits per heavy atom. The molecule has 0 spiro atoms. The number of esters is 1. The third-order valence-electron chi connectivity index (χ3n) is 5.90. The minimum Gasteiger partial charge on any atom is -0.485 e. The zero-order valence-corrected chi connectivity index (χ0v) is 23.2. The van der Waals surface area contributed by atoms with Crippen molar-refractivity contribution in [1.82, 2.24) is 0 Å². The van der Waals surface area contributed by atoms with Crippen molar-refractivity contribution < 1.29 is 35.9 Å². The van der Waals surface area contributed by atoms with Crippen molar-refractivity contribution in [1.29, 1.82) is 0 Å². The number of hydrogen-bond acceptors (Lipinski definition) is 8. The van der Waals surface area contributed by atoms with Crippen LogP contribution in [0, 0.1) is 0 Å². The number of hydrogen-bond donors (Lipinski definition) is 0. The van der Waals surface area contributed by atoms with Gasteiger partial charge in [0.1, 0.15) is 15.6 Å². The van der Waals surface area contributed by atoms with Crippen LogP contribution in [-0.2, 0) is 41.5 Å². The van der Waals surface area contributed by atoms with Gasteiger partial charge in [0, 0.05) is 44.8 Å². The molecule has 0 saturated carbocycles. The monoisotopic (exact) mass is 534 g/mol. The van der Waals surface area contributed by atoms with Crippen LogP contribution in [0.4, 0.5) is 0 Å². The molecule has 2 aromatic carbocycles. The van der Waals surface area contributed by atoms with Crippen molar-refractivity contribution >= 4 is 46.5 Å². The first-order valence-corrected chi connectivity index (χ1v) is 15.1. The highest BCUT2D eigenvalue weighted by Gasteiger charge is 2.49. The van der Waals surface area contributed by atoms with E-state index < -0.39 is 36.6 Å². The highest BCUT2D eigenvalue weighted by atomic mass is 32.2. The predicted molar refractivity (Wildman–Crippen MR) is 142 cm³/mol. The molecule has 3 atom stereocenters. The molecule has 2 aromatic rings. The molecule has 0 fully saturated rings. The minimum absolute atomic E-state index is 0.377. The third-order valence-corrected chi connectivity index (χ3v) is 10.9. The molecule has 196 valence electrons. The largest absolute Gasteiger partial charge is 0.543 e. The topological polar surface area (TPSA) is 89.5 Å². The Hall–Kier alpha value is -2.47. The Labute approximate surface area is 214 Å². The second-order valence-electron chi connectivity index (χ2n) is 8.09. The van der Waals surface area contributed by atoms with E-state index in [0.29, 0.717) is 35.5 Å². The van der Waals surface area contributed by atoms with Crippen LogP contribution in [0.1, 0.15) is 38.7 Å². The fraction of sp³-hybridized carbons (Fsp3) is 0.385. The van der Waals surface area contributed by atoms with E-state index in [4.69, 9.17) is 26.9 Å². The number of carbonyl (C=O) groups is 1. The molecule has 36 heavy (non-hydrogen) atoms. The quantitative estimate of drug-likeness (QED) is 0.121. The normalized spacial score (nSPS) is 19.0. The minimum atomic E-state index is -3.22. The van der Waals surface area contributed by atoms with Gasteiger partial charge >= 0.3 is 14.8 Å². The number of benzene rings is 2. The van der Waals surface area contributed by atoms with Crippen molar-refractivity contribution in [3.63, 3.8) is 0 Å². The molecule has 1 aliphatic rings. The summed E-state index contributed by atoms with van der Waals surface area (Å²) in [5.74, 6) is -0.153. The Balaban J connectivity index is 2.13. The fourth-order valence-electron chi connectivity index (χ4n) is 4.05. The van der Waals surface area contributed by atoms with Gasteiger partial charge in [-0.25, -0.2) is 9.00 Å². The maximum atomic E-state index is 14.2. The molecule has 3 unspecified atom stereocenters. The van der Waals surface area contributed by atoms with Gasteiger partial charge < -0.3 is 22.8 Å². The Kier molecular flexibility index (Phi) is 9.51. The predicted octanol–water partition coefficient (Wildman–Crippen LogP) is 4.64. The Morgan fingerprint density at radius 1 is 1.08 bits per heavy atom. The van der Waals surface area contributed by atoms with Gasteiger partial charge in [-0.1, -0.05) is 51.1 Å². The lowest BCUT2D eigenvalue weighted by molar-refractivity contribution is -0.157. The van der Waals surface area contributed by atoms with Gasteiger partial charge in [0.05, 0.1) is 4.90 Å². The summed E-state index contributed by atoms with van der Waals surface area (Å²) < 4.78 is 48.9. The lowest BCUT2D eigenvalue weighted by Crippen LogP contribution is -2.55. The summed E-state index contributed by atoms with van der Waals surface area (Å²) in [5.41, 5.74) is 0.101. The Bertz CT molecular complexity index is 1240. The first-order chi connectivity index (χ1) is 17.3. The van der Waals surface area contributed by atoms with Crippen molar-refractivity contribution in [2.75, 3.05) is 21.3 Å². The van der Waals surface area contributed by atoms with Gasteiger partial charge in [0.15, 0.2) is 5.73 Å². The van der Waals surface area contributed by atoms with E-state index in [9.17, 15) is 9.00 Å². The van der Waals surface area contributed by atoms with Crippen LogP contribution in [0.25, 0.3) is 16.5 Å². The van der Waals surface area contributed by atoms with Crippen LogP contribution < -0.4 is 0 Å². The van der Waals surface area contributed by atoms with Crippen molar-refractivity contribution in [2.45, 2.75) is 50.0 Å². The molecular formula is C26H34O8SSi. The summed E-state index contributed by atoms with van der Waals surface area (Å²) in [5, 5.41) is 3.30. The van der Waals surface area contributed by atoms with Gasteiger partial charge in [-0.3, -0.25) is 4.18 Å². The molecule has 3 rings (SSSR count). The highest BCUT2D eigenvalue weighted by Crippen LogP contribution is 2.36. The number of rotatable bonds is 13. The number of ether oxygens (including phenoxy) is 2. The summed E-state index contributed by atoms with van der Waals surface area (Å²) in [4.78, 5) is 12.3. The SMILES string of the molecule is C=CC(=O)OC(CCC)OS1(=O)=CC=C(OC(CC)[Si](OC)(OC)OC)c2cc3ccccc3cc21. The van der Waals surface area contributed by atoms with Crippen LogP contribution in [-0.4, -0.2) is 57.7 Å². The summed E-state index contributed by atoms with van der Waals surface area (Å²) in [6, 6.07) is 11.5. The maximum absolute atomic E-state index is 14.2. The van der Waals surface area contributed by atoms with E-state index in [-0.39, 0.29) is 0 Å². The van der Waals surface area contributed by atoms with Gasteiger partial charge in [-0.15, -0.1) is 0 Å². The van der Waals surface area contributed by atoms with Crippen molar-refractivity contribution in [2.24, 2.45) is 0 Å². The third kappa shape index (κ3) is 5.74. The van der Waals surface area contributed by atoms with E-state index in [1.807, 2.05) is 50.2 Å². The van der Waals surface area contributed by atoms with Crippen LogP contribution in [0.15, 0.2) is 60.0 Å². The maximum Gasteiger partial charge on any atom is 0.543 e. The van der Waals surface area contributed by atoms with Gasteiger partial charge in [0.25, 0.3) is 0 Å². The molecule has 0 radical (unpaired) electrons. The van der Waals surface area contributed by atoms with Crippen LogP contribution in [0.5, 0.6) is 0 Å². The molecule has 8 nitrogen and oxygen atoms in total. The molecule has 1 heterocycles.